The predicted octanol–water partition coefficient (Wildman–Crippen LogP) is 3.32. The van der Waals surface area contributed by atoms with Crippen LogP contribution < -0.4 is 15.2 Å². The first-order valence-corrected chi connectivity index (χ1v) is 5.75. The molecule has 1 heterocycles. The first-order valence-electron chi connectivity index (χ1n) is 5.75. The first kappa shape index (κ1) is 17.2. The van der Waals surface area contributed by atoms with Crippen LogP contribution in [0.25, 0.3) is 0 Å². The van der Waals surface area contributed by atoms with Crippen LogP contribution in [0.3, 0.4) is 0 Å². The highest BCUT2D eigenvalue weighted by molar-refractivity contribution is 5.49. The second kappa shape index (κ2) is 6.27. The molecule has 0 spiro atoms. The van der Waals surface area contributed by atoms with Crippen LogP contribution in [-0.4, -0.2) is 30.0 Å². The van der Waals surface area contributed by atoms with Gasteiger partial charge in [0.2, 0.25) is 11.8 Å². The van der Waals surface area contributed by atoms with Crippen molar-refractivity contribution >= 4 is 5.69 Å². The third kappa shape index (κ3) is 4.87. The van der Waals surface area contributed by atoms with Gasteiger partial charge >= 0.3 is 12.4 Å². The lowest BCUT2D eigenvalue weighted by atomic mass is 10.3. The lowest BCUT2D eigenvalue weighted by Gasteiger charge is -2.23. The Morgan fingerprint density at radius 1 is 1.14 bits per heavy atom. The number of halogens is 6. The normalized spacial score (nSPS) is 12.6. The summed E-state index contributed by atoms with van der Waals surface area (Å²) in [5, 5.41) is 0. The number of pyridine rings is 1. The second-order valence-corrected chi connectivity index (χ2v) is 3.97. The SMILES string of the molecule is CCCOc1nc(OC(C(F)(F)F)C(F)(F)F)ccc1N. The average Bonchev–Trinajstić information content (AvgIpc) is 2.33. The molecule has 0 radical (unpaired) electrons. The van der Waals surface area contributed by atoms with Crippen LogP contribution in [0.2, 0.25) is 0 Å². The third-order valence-electron chi connectivity index (χ3n) is 2.14. The summed E-state index contributed by atoms with van der Waals surface area (Å²) in [6.07, 6.45) is -14.7. The molecular weight excluding hydrogens is 306 g/mol. The summed E-state index contributed by atoms with van der Waals surface area (Å²) in [7, 11) is 0. The molecule has 0 saturated carbocycles. The highest BCUT2D eigenvalue weighted by atomic mass is 19.4. The van der Waals surface area contributed by atoms with E-state index in [1.807, 2.05) is 0 Å². The summed E-state index contributed by atoms with van der Waals surface area (Å²) in [6, 6.07) is 1.86. The number of alkyl halides is 6. The first-order chi connectivity index (χ1) is 9.55. The molecule has 0 unspecified atom stereocenters. The maximum absolute atomic E-state index is 12.4. The number of rotatable bonds is 5. The van der Waals surface area contributed by atoms with Crippen molar-refractivity contribution < 1.29 is 35.8 Å². The molecule has 0 fully saturated rings. The number of nitrogens with two attached hydrogens (primary N) is 1. The minimum Gasteiger partial charge on any atom is -0.476 e. The molecule has 0 bridgehead atoms. The van der Waals surface area contributed by atoms with E-state index in [0.29, 0.717) is 6.42 Å². The van der Waals surface area contributed by atoms with Crippen LogP contribution in [-0.2, 0) is 0 Å². The Kier molecular flexibility index (Phi) is 5.13. The van der Waals surface area contributed by atoms with Gasteiger partial charge in [0.15, 0.2) is 0 Å². The van der Waals surface area contributed by atoms with Crippen LogP contribution in [0.5, 0.6) is 11.8 Å². The molecule has 120 valence electrons. The summed E-state index contributed by atoms with van der Waals surface area (Å²) in [5.74, 6) is -1.16. The van der Waals surface area contributed by atoms with Gasteiger partial charge in [0.05, 0.1) is 12.3 Å². The molecule has 0 aliphatic carbocycles. The van der Waals surface area contributed by atoms with Crippen LogP contribution in [0.15, 0.2) is 12.1 Å². The number of ether oxygens (including phenoxy) is 2. The number of hydrogen-bond donors (Lipinski definition) is 1. The summed E-state index contributed by atoms with van der Waals surface area (Å²) in [6.45, 7) is 1.91. The molecule has 0 atom stereocenters. The fourth-order valence-electron chi connectivity index (χ4n) is 1.25. The molecule has 0 aliphatic heterocycles. The molecule has 0 aromatic carbocycles. The van der Waals surface area contributed by atoms with Gasteiger partial charge in [-0.2, -0.15) is 31.3 Å². The molecular formula is C11H12F6N2O2. The van der Waals surface area contributed by atoms with Crippen LogP contribution >= 0.6 is 0 Å². The van der Waals surface area contributed by atoms with Crippen molar-refractivity contribution in [3.05, 3.63) is 12.1 Å². The van der Waals surface area contributed by atoms with E-state index in [1.54, 1.807) is 6.92 Å². The van der Waals surface area contributed by atoms with Crippen LogP contribution in [0.1, 0.15) is 13.3 Å². The van der Waals surface area contributed by atoms with Crippen molar-refractivity contribution in [1.82, 2.24) is 4.98 Å². The Hall–Kier alpha value is -1.87. The van der Waals surface area contributed by atoms with Crippen molar-refractivity contribution in [2.45, 2.75) is 31.8 Å². The Balaban J connectivity index is 3.00. The van der Waals surface area contributed by atoms with Gasteiger partial charge in [-0.25, -0.2) is 0 Å². The van der Waals surface area contributed by atoms with E-state index in [-0.39, 0.29) is 18.2 Å². The molecule has 21 heavy (non-hydrogen) atoms. The van der Waals surface area contributed by atoms with E-state index in [1.165, 1.54) is 0 Å². The monoisotopic (exact) mass is 318 g/mol. The van der Waals surface area contributed by atoms with Gasteiger partial charge in [-0.3, -0.25) is 0 Å². The average molecular weight is 318 g/mol. The summed E-state index contributed by atoms with van der Waals surface area (Å²) >= 11 is 0. The number of hydrogen-bond acceptors (Lipinski definition) is 4. The predicted molar refractivity (Wildman–Crippen MR) is 61.0 cm³/mol. The minimum absolute atomic E-state index is 0.0219. The molecule has 0 amide bonds. The molecule has 1 aromatic rings. The smallest absolute Gasteiger partial charge is 0.434 e. The van der Waals surface area contributed by atoms with Gasteiger partial charge in [-0.15, -0.1) is 0 Å². The summed E-state index contributed by atoms with van der Waals surface area (Å²) in [5.41, 5.74) is 5.42. The minimum atomic E-state index is -5.62. The zero-order chi connectivity index (χ0) is 16.3. The fourth-order valence-corrected chi connectivity index (χ4v) is 1.25. The van der Waals surface area contributed by atoms with Crippen LogP contribution in [0, 0.1) is 0 Å². The van der Waals surface area contributed by atoms with Gasteiger partial charge in [0.25, 0.3) is 6.10 Å². The van der Waals surface area contributed by atoms with E-state index < -0.39 is 24.3 Å². The number of anilines is 1. The Labute approximate surface area is 115 Å². The van der Waals surface area contributed by atoms with Gasteiger partial charge in [0.1, 0.15) is 0 Å². The molecule has 2 N–H and O–H groups in total. The quantitative estimate of drug-likeness (QED) is 0.846. The summed E-state index contributed by atoms with van der Waals surface area (Å²) in [4.78, 5) is 3.41. The zero-order valence-corrected chi connectivity index (χ0v) is 10.8. The van der Waals surface area contributed by atoms with E-state index in [2.05, 4.69) is 9.72 Å². The second-order valence-electron chi connectivity index (χ2n) is 3.97. The van der Waals surface area contributed by atoms with E-state index in [0.717, 1.165) is 12.1 Å². The fraction of sp³-hybridized carbons (Fsp3) is 0.545. The third-order valence-corrected chi connectivity index (χ3v) is 2.14. The zero-order valence-electron chi connectivity index (χ0n) is 10.8. The van der Waals surface area contributed by atoms with Gasteiger partial charge in [-0.1, -0.05) is 6.92 Å². The Morgan fingerprint density at radius 3 is 2.19 bits per heavy atom. The standard InChI is InChI=1S/C11H12F6N2O2/c1-2-5-20-8-6(18)3-4-7(19-8)21-9(10(12,13)14)11(15,16)17/h3-4,9H,2,5,18H2,1H3. The van der Waals surface area contributed by atoms with Gasteiger partial charge < -0.3 is 15.2 Å². The lowest BCUT2D eigenvalue weighted by molar-refractivity contribution is -0.300. The van der Waals surface area contributed by atoms with Crippen LogP contribution in [0.4, 0.5) is 32.0 Å². The van der Waals surface area contributed by atoms with Crippen molar-refractivity contribution in [3.63, 3.8) is 0 Å². The molecule has 0 aliphatic rings. The number of nitrogens with zero attached hydrogens (tertiary/aromatic N) is 1. The Morgan fingerprint density at radius 2 is 1.71 bits per heavy atom. The van der Waals surface area contributed by atoms with Gasteiger partial charge in [-0.05, 0) is 12.5 Å². The van der Waals surface area contributed by atoms with Crippen molar-refractivity contribution in [3.8, 4) is 11.8 Å². The molecule has 1 rings (SSSR count). The summed E-state index contributed by atoms with van der Waals surface area (Å²) < 4.78 is 83.1. The largest absolute Gasteiger partial charge is 0.476 e. The van der Waals surface area contributed by atoms with Gasteiger partial charge in [0, 0.05) is 6.07 Å². The van der Waals surface area contributed by atoms with Crippen molar-refractivity contribution in [1.29, 1.82) is 0 Å². The van der Waals surface area contributed by atoms with E-state index in [9.17, 15) is 26.3 Å². The van der Waals surface area contributed by atoms with E-state index >= 15 is 0 Å². The highest BCUT2D eigenvalue weighted by Crippen LogP contribution is 2.36. The molecule has 4 nitrogen and oxygen atoms in total. The van der Waals surface area contributed by atoms with Crippen molar-refractivity contribution in [2.75, 3.05) is 12.3 Å². The molecule has 0 saturated heterocycles. The van der Waals surface area contributed by atoms with E-state index in [4.69, 9.17) is 10.5 Å². The maximum atomic E-state index is 12.4. The topological polar surface area (TPSA) is 57.4 Å². The highest BCUT2D eigenvalue weighted by Gasteiger charge is 2.59. The lowest BCUT2D eigenvalue weighted by Crippen LogP contribution is -2.46. The number of nitrogen functional groups attached to an aromatic ring is 1. The molecule has 10 heteroatoms. The Bertz CT molecular complexity index is 461. The van der Waals surface area contributed by atoms with Crippen molar-refractivity contribution in [2.24, 2.45) is 0 Å². The number of aromatic nitrogens is 1. The molecule has 1 aromatic heterocycles. The maximum Gasteiger partial charge on any atom is 0.434 e.